The highest BCUT2D eigenvalue weighted by molar-refractivity contribution is 5.90. The fourth-order valence-corrected chi connectivity index (χ4v) is 2.90. The Hall–Kier alpha value is -3.08. The number of carbonyl (C=O) groups excluding carboxylic acids is 1. The monoisotopic (exact) mass is 363 g/mol. The molecular formula is C22H25N3O2. The van der Waals surface area contributed by atoms with Crippen molar-refractivity contribution < 1.29 is 9.21 Å². The van der Waals surface area contributed by atoms with Gasteiger partial charge in [-0.3, -0.25) is 0 Å². The predicted molar refractivity (Wildman–Crippen MR) is 108 cm³/mol. The fourth-order valence-electron chi connectivity index (χ4n) is 2.90. The Morgan fingerprint density at radius 1 is 1.04 bits per heavy atom. The van der Waals surface area contributed by atoms with Gasteiger partial charge in [-0.15, -0.1) is 0 Å². The highest BCUT2D eigenvalue weighted by Crippen LogP contribution is 2.25. The number of benzene rings is 2. The second-order valence-electron chi connectivity index (χ2n) is 6.87. The molecule has 0 aliphatic carbocycles. The van der Waals surface area contributed by atoms with E-state index >= 15 is 0 Å². The van der Waals surface area contributed by atoms with Crippen molar-refractivity contribution in [3.05, 3.63) is 70.6 Å². The summed E-state index contributed by atoms with van der Waals surface area (Å²) < 4.78 is 5.85. The van der Waals surface area contributed by atoms with Crippen LogP contribution in [0.2, 0.25) is 0 Å². The Balaban J connectivity index is 1.74. The van der Waals surface area contributed by atoms with Crippen LogP contribution in [0.3, 0.4) is 0 Å². The van der Waals surface area contributed by atoms with Gasteiger partial charge in [-0.05, 0) is 56.5 Å². The van der Waals surface area contributed by atoms with E-state index < -0.39 is 0 Å². The summed E-state index contributed by atoms with van der Waals surface area (Å²) in [5, 5.41) is 2.97. The predicted octanol–water partition coefficient (Wildman–Crippen LogP) is 5.24. The molecule has 1 heterocycles. The summed E-state index contributed by atoms with van der Waals surface area (Å²) >= 11 is 0. The molecule has 2 amide bonds. The van der Waals surface area contributed by atoms with E-state index in [1.165, 1.54) is 0 Å². The lowest BCUT2D eigenvalue weighted by molar-refractivity contribution is 0.220. The molecule has 140 valence electrons. The minimum absolute atomic E-state index is 0.177. The summed E-state index contributed by atoms with van der Waals surface area (Å²) in [5.41, 5.74) is 5.86. The average molecular weight is 363 g/mol. The number of rotatable bonds is 4. The number of nitrogens with one attached hydrogen (secondary N) is 1. The molecule has 0 bridgehead atoms. The normalized spacial score (nSPS) is 10.7. The van der Waals surface area contributed by atoms with Gasteiger partial charge in [-0.25, -0.2) is 9.78 Å². The Morgan fingerprint density at radius 3 is 2.48 bits per heavy atom. The third-order valence-electron chi connectivity index (χ3n) is 4.85. The lowest BCUT2D eigenvalue weighted by Gasteiger charge is -2.18. The maximum atomic E-state index is 12.6. The third-order valence-corrected chi connectivity index (χ3v) is 4.85. The number of carbonyl (C=O) groups is 1. The van der Waals surface area contributed by atoms with Crippen LogP contribution in [0.15, 0.2) is 46.9 Å². The van der Waals surface area contributed by atoms with Crippen molar-refractivity contribution in [1.82, 2.24) is 9.88 Å². The van der Waals surface area contributed by atoms with E-state index in [-0.39, 0.29) is 6.03 Å². The quantitative estimate of drug-likeness (QED) is 0.690. The fraction of sp³-hybridized carbons (Fsp3) is 0.273. The van der Waals surface area contributed by atoms with Gasteiger partial charge >= 0.3 is 6.03 Å². The minimum Gasteiger partial charge on any atom is -0.441 e. The van der Waals surface area contributed by atoms with Crippen molar-refractivity contribution >= 4 is 11.7 Å². The van der Waals surface area contributed by atoms with Gasteiger partial charge in [0.25, 0.3) is 0 Å². The Kier molecular flexibility index (Phi) is 5.31. The molecule has 1 N–H and O–H groups in total. The molecule has 0 saturated carbocycles. The van der Waals surface area contributed by atoms with Crippen LogP contribution >= 0.6 is 0 Å². The van der Waals surface area contributed by atoms with Crippen LogP contribution in [0, 0.1) is 27.7 Å². The first-order valence-electron chi connectivity index (χ1n) is 8.97. The number of urea groups is 1. The van der Waals surface area contributed by atoms with Crippen molar-refractivity contribution in [3.63, 3.8) is 0 Å². The van der Waals surface area contributed by atoms with Crippen molar-refractivity contribution in [1.29, 1.82) is 0 Å². The number of hydrogen-bond donors (Lipinski definition) is 1. The van der Waals surface area contributed by atoms with Gasteiger partial charge in [0, 0.05) is 18.3 Å². The zero-order chi connectivity index (χ0) is 19.6. The van der Waals surface area contributed by atoms with E-state index in [9.17, 15) is 4.79 Å². The number of oxazole rings is 1. The molecule has 27 heavy (non-hydrogen) atoms. The molecular weight excluding hydrogens is 338 g/mol. The van der Waals surface area contributed by atoms with Gasteiger partial charge in [0.05, 0.1) is 6.54 Å². The van der Waals surface area contributed by atoms with Crippen molar-refractivity contribution in [3.8, 4) is 11.5 Å². The van der Waals surface area contributed by atoms with Crippen molar-refractivity contribution in [2.75, 3.05) is 12.4 Å². The second-order valence-corrected chi connectivity index (χ2v) is 6.87. The smallest absolute Gasteiger partial charge is 0.321 e. The number of anilines is 1. The Bertz CT molecular complexity index is 975. The molecule has 0 aliphatic rings. The molecule has 1 aromatic heterocycles. The molecule has 0 atom stereocenters. The molecule has 2 aromatic carbocycles. The average Bonchev–Trinajstić information content (AvgIpc) is 2.99. The topological polar surface area (TPSA) is 58.4 Å². The van der Waals surface area contributed by atoms with E-state index in [2.05, 4.69) is 10.3 Å². The van der Waals surface area contributed by atoms with E-state index in [0.29, 0.717) is 12.4 Å². The molecule has 3 aromatic rings. The Morgan fingerprint density at radius 2 is 1.74 bits per heavy atom. The highest BCUT2D eigenvalue weighted by Gasteiger charge is 2.17. The van der Waals surface area contributed by atoms with Gasteiger partial charge < -0.3 is 14.6 Å². The van der Waals surface area contributed by atoms with E-state index in [1.54, 1.807) is 11.9 Å². The molecule has 0 aliphatic heterocycles. The van der Waals surface area contributed by atoms with Crippen LogP contribution in [0.5, 0.6) is 0 Å². The number of amides is 2. The first-order valence-corrected chi connectivity index (χ1v) is 8.97. The zero-order valence-electron chi connectivity index (χ0n) is 16.5. The van der Waals surface area contributed by atoms with E-state index in [1.807, 2.05) is 70.2 Å². The van der Waals surface area contributed by atoms with E-state index in [0.717, 1.165) is 39.4 Å². The molecule has 3 rings (SSSR count). The van der Waals surface area contributed by atoms with Gasteiger partial charge in [0.15, 0.2) is 0 Å². The van der Waals surface area contributed by atoms with Crippen LogP contribution in [0.25, 0.3) is 11.5 Å². The number of nitrogens with zero attached hydrogens (tertiary/aromatic N) is 2. The Labute approximate surface area is 160 Å². The standard InChI is InChI=1S/C22H25N3O2/c1-14-10-8-12-19(16(14)3)24-22(26)25(5)13-20-17(4)27-21(23-20)18-11-7-6-9-15(18)2/h6-12H,13H2,1-5H3,(H,24,26). The van der Waals surface area contributed by atoms with Crippen molar-refractivity contribution in [2.24, 2.45) is 0 Å². The first kappa shape index (κ1) is 18.7. The summed E-state index contributed by atoms with van der Waals surface area (Å²) in [5.74, 6) is 1.31. The molecule has 0 spiro atoms. The second kappa shape index (κ2) is 7.66. The molecule has 5 heteroatoms. The van der Waals surface area contributed by atoms with Gasteiger partial charge in [0.1, 0.15) is 11.5 Å². The van der Waals surface area contributed by atoms with E-state index in [4.69, 9.17) is 4.42 Å². The molecule has 0 radical (unpaired) electrons. The number of aryl methyl sites for hydroxylation is 3. The SMILES string of the molecule is Cc1ccccc1-c1nc(CN(C)C(=O)Nc2cccc(C)c2C)c(C)o1. The lowest BCUT2D eigenvalue weighted by atomic mass is 10.1. The van der Waals surface area contributed by atoms with Crippen LogP contribution in [-0.2, 0) is 6.54 Å². The van der Waals surface area contributed by atoms with Gasteiger partial charge in [0.2, 0.25) is 5.89 Å². The van der Waals surface area contributed by atoms with Crippen LogP contribution in [0.1, 0.15) is 28.1 Å². The summed E-state index contributed by atoms with van der Waals surface area (Å²) in [6.45, 7) is 8.30. The summed E-state index contributed by atoms with van der Waals surface area (Å²) in [6, 6.07) is 13.7. The zero-order valence-corrected chi connectivity index (χ0v) is 16.5. The van der Waals surface area contributed by atoms with Crippen LogP contribution in [-0.4, -0.2) is 23.0 Å². The van der Waals surface area contributed by atoms with Gasteiger partial charge in [-0.2, -0.15) is 0 Å². The van der Waals surface area contributed by atoms with Crippen molar-refractivity contribution in [2.45, 2.75) is 34.2 Å². The van der Waals surface area contributed by atoms with Gasteiger partial charge in [-0.1, -0.05) is 30.3 Å². The maximum absolute atomic E-state index is 12.6. The molecule has 0 unspecified atom stereocenters. The summed E-state index contributed by atoms with van der Waals surface area (Å²) in [7, 11) is 1.75. The van der Waals surface area contributed by atoms with Crippen LogP contribution < -0.4 is 5.32 Å². The largest absolute Gasteiger partial charge is 0.441 e. The minimum atomic E-state index is -0.177. The third kappa shape index (κ3) is 4.03. The molecule has 5 nitrogen and oxygen atoms in total. The van der Waals surface area contributed by atoms with Crippen LogP contribution in [0.4, 0.5) is 10.5 Å². The first-order chi connectivity index (χ1) is 12.9. The number of aromatic nitrogens is 1. The lowest BCUT2D eigenvalue weighted by Crippen LogP contribution is -2.31. The molecule has 0 fully saturated rings. The summed E-state index contributed by atoms with van der Waals surface area (Å²) in [6.07, 6.45) is 0. The summed E-state index contributed by atoms with van der Waals surface area (Å²) in [4.78, 5) is 18.8. The maximum Gasteiger partial charge on any atom is 0.321 e. The number of hydrogen-bond acceptors (Lipinski definition) is 3. The molecule has 0 saturated heterocycles. The highest BCUT2D eigenvalue weighted by atomic mass is 16.4.